The number of nitrogens with two attached hydrogens (primary N) is 1. The number of aromatic amines is 1. The summed E-state index contributed by atoms with van der Waals surface area (Å²) in [5.41, 5.74) is 5.63. The van der Waals surface area contributed by atoms with E-state index < -0.39 is 23.1 Å². The normalized spacial score (nSPS) is 10.1. The van der Waals surface area contributed by atoms with Crippen molar-refractivity contribution in [1.82, 2.24) is 4.98 Å². The van der Waals surface area contributed by atoms with Crippen LogP contribution in [0.15, 0.2) is 41.3 Å². The molecule has 1 aromatic heterocycles. The molecule has 0 aliphatic rings. The van der Waals surface area contributed by atoms with Crippen LogP contribution in [0.1, 0.15) is 17.3 Å². The molecule has 108 valence electrons. The predicted molar refractivity (Wildman–Crippen MR) is 77.1 cm³/mol. The summed E-state index contributed by atoms with van der Waals surface area (Å²) >= 11 is 0. The van der Waals surface area contributed by atoms with Crippen molar-refractivity contribution in [2.75, 3.05) is 10.6 Å². The number of benzene rings is 1. The first-order valence-electron chi connectivity index (χ1n) is 6.02. The molecule has 2 aromatic rings. The van der Waals surface area contributed by atoms with E-state index in [2.05, 4.69) is 4.98 Å². The number of hydrogen-bond acceptors (Lipinski definition) is 5. The Kier molecular flexibility index (Phi) is 3.75. The molecule has 0 saturated heterocycles. The first-order chi connectivity index (χ1) is 9.90. The van der Waals surface area contributed by atoms with Gasteiger partial charge >= 0.3 is 0 Å². The fourth-order valence-corrected chi connectivity index (χ4v) is 1.82. The van der Waals surface area contributed by atoms with E-state index in [4.69, 9.17) is 5.73 Å². The highest BCUT2D eigenvalue weighted by atomic mass is 16.3. The second kappa shape index (κ2) is 5.49. The molecule has 0 atom stereocenters. The van der Waals surface area contributed by atoms with E-state index in [1.807, 2.05) is 0 Å². The Morgan fingerprint density at radius 3 is 2.38 bits per heavy atom. The lowest BCUT2D eigenvalue weighted by molar-refractivity contribution is -0.115. The SMILES string of the molecule is CC(=O)N(C(=O)c1c[nH]c(=O)cc1O)c1ccc(N)cc1. The number of pyridine rings is 1. The number of aromatic hydroxyl groups is 1. The summed E-state index contributed by atoms with van der Waals surface area (Å²) in [4.78, 5) is 38.4. The molecular formula is C14H13N3O4. The van der Waals surface area contributed by atoms with Crippen molar-refractivity contribution in [3.63, 3.8) is 0 Å². The fraction of sp³-hybridized carbons (Fsp3) is 0.0714. The molecule has 21 heavy (non-hydrogen) atoms. The van der Waals surface area contributed by atoms with E-state index in [-0.39, 0.29) is 5.56 Å². The van der Waals surface area contributed by atoms with Crippen molar-refractivity contribution in [3.05, 3.63) is 52.4 Å². The Hall–Kier alpha value is -3.09. The highest BCUT2D eigenvalue weighted by Crippen LogP contribution is 2.22. The third kappa shape index (κ3) is 2.92. The average molecular weight is 287 g/mol. The minimum Gasteiger partial charge on any atom is -0.507 e. The second-order valence-corrected chi connectivity index (χ2v) is 4.35. The number of carbonyl (C=O) groups excluding carboxylic acids is 2. The van der Waals surface area contributed by atoms with Crippen LogP contribution in [0.4, 0.5) is 11.4 Å². The van der Waals surface area contributed by atoms with E-state index in [1.165, 1.54) is 19.1 Å². The molecule has 7 heteroatoms. The van der Waals surface area contributed by atoms with Gasteiger partial charge in [-0.05, 0) is 24.3 Å². The quantitative estimate of drug-likeness (QED) is 0.708. The number of carbonyl (C=O) groups is 2. The monoisotopic (exact) mass is 287 g/mol. The van der Waals surface area contributed by atoms with Crippen LogP contribution in [-0.4, -0.2) is 21.9 Å². The smallest absolute Gasteiger partial charge is 0.270 e. The molecule has 0 aliphatic heterocycles. The second-order valence-electron chi connectivity index (χ2n) is 4.35. The zero-order valence-electron chi connectivity index (χ0n) is 11.2. The Balaban J connectivity index is 2.47. The van der Waals surface area contributed by atoms with Crippen molar-refractivity contribution < 1.29 is 14.7 Å². The van der Waals surface area contributed by atoms with Gasteiger partial charge in [0.2, 0.25) is 5.91 Å². The fourth-order valence-electron chi connectivity index (χ4n) is 1.82. The maximum Gasteiger partial charge on any atom is 0.270 e. The number of imide groups is 1. The maximum atomic E-state index is 12.4. The number of aromatic nitrogens is 1. The molecule has 0 saturated carbocycles. The van der Waals surface area contributed by atoms with Crippen LogP contribution in [-0.2, 0) is 4.79 Å². The van der Waals surface area contributed by atoms with Gasteiger partial charge in [-0.3, -0.25) is 14.4 Å². The van der Waals surface area contributed by atoms with Crippen LogP contribution in [0, 0.1) is 0 Å². The van der Waals surface area contributed by atoms with Crippen molar-refractivity contribution in [2.45, 2.75) is 6.92 Å². The van der Waals surface area contributed by atoms with Gasteiger partial charge in [0.25, 0.3) is 11.5 Å². The number of rotatable bonds is 2. The van der Waals surface area contributed by atoms with Crippen LogP contribution < -0.4 is 16.2 Å². The van der Waals surface area contributed by atoms with E-state index in [0.717, 1.165) is 17.2 Å². The molecule has 4 N–H and O–H groups in total. The third-order valence-electron chi connectivity index (χ3n) is 2.80. The number of amides is 2. The first kappa shape index (κ1) is 14.3. The maximum absolute atomic E-state index is 12.4. The minimum absolute atomic E-state index is 0.179. The van der Waals surface area contributed by atoms with Crippen molar-refractivity contribution in [1.29, 1.82) is 0 Å². The molecule has 1 heterocycles. The number of nitrogens with one attached hydrogen (secondary N) is 1. The molecule has 0 radical (unpaired) electrons. The largest absolute Gasteiger partial charge is 0.507 e. The summed E-state index contributed by atoms with van der Waals surface area (Å²) < 4.78 is 0. The highest BCUT2D eigenvalue weighted by Gasteiger charge is 2.24. The van der Waals surface area contributed by atoms with Crippen LogP contribution in [0.5, 0.6) is 5.75 Å². The lowest BCUT2D eigenvalue weighted by Crippen LogP contribution is -2.35. The Morgan fingerprint density at radius 2 is 1.86 bits per heavy atom. The van der Waals surface area contributed by atoms with E-state index in [1.54, 1.807) is 12.1 Å². The van der Waals surface area contributed by atoms with Crippen LogP contribution in [0.2, 0.25) is 0 Å². The third-order valence-corrected chi connectivity index (χ3v) is 2.80. The minimum atomic E-state index is -0.749. The lowest BCUT2D eigenvalue weighted by atomic mass is 10.2. The van der Waals surface area contributed by atoms with Gasteiger partial charge in [-0.2, -0.15) is 0 Å². The Bertz CT molecular complexity index is 750. The summed E-state index contributed by atoms with van der Waals surface area (Å²) in [6, 6.07) is 6.99. The van der Waals surface area contributed by atoms with Gasteiger partial charge in [0.05, 0.1) is 11.3 Å². The topological polar surface area (TPSA) is 116 Å². The molecule has 0 aliphatic carbocycles. The van der Waals surface area contributed by atoms with E-state index >= 15 is 0 Å². The van der Waals surface area contributed by atoms with Gasteiger partial charge in [-0.25, -0.2) is 4.90 Å². The molecule has 0 spiro atoms. The summed E-state index contributed by atoms with van der Waals surface area (Å²) in [6.45, 7) is 1.22. The highest BCUT2D eigenvalue weighted by molar-refractivity contribution is 6.21. The summed E-state index contributed by atoms with van der Waals surface area (Å²) in [5.74, 6) is -1.78. The van der Waals surface area contributed by atoms with Gasteiger partial charge in [-0.15, -0.1) is 0 Å². The predicted octanol–water partition coefficient (Wildman–Crippen LogP) is 0.856. The van der Waals surface area contributed by atoms with Crippen molar-refractivity contribution in [3.8, 4) is 5.75 Å². The zero-order chi connectivity index (χ0) is 15.6. The number of anilines is 2. The summed E-state index contributed by atoms with van der Waals surface area (Å²) in [7, 11) is 0. The summed E-state index contributed by atoms with van der Waals surface area (Å²) in [6.07, 6.45) is 1.06. The van der Waals surface area contributed by atoms with Gasteiger partial charge in [0.1, 0.15) is 5.75 Å². The molecule has 0 fully saturated rings. The van der Waals surface area contributed by atoms with Gasteiger partial charge in [-0.1, -0.05) is 0 Å². The van der Waals surface area contributed by atoms with Gasteiger partial charge in [0, 0.05) is 24.9 Å². The number of hydrogen-bond donors (Lipinski definition) is 3. The lowest BCUT2D eigenvalue weighted by Gasteiger charge is -2.19. The zero-order valence-corrected chi connectivity index (χ0v) is 11.2. The van der Waals surface area contributed by atoms with E-state index in [0.29, 0.717) is 11.4 Å². The molecule has 7 nitrogen and oxygen atoms in total. The van der Waals surface area contributed by atoms with E-state index in [9.17, 15) is 19.5 Å². The standard InChI is InChI=1S/C14H13N3O4/c1-8(18)17(10-4-2-9(15)3-5-10)14(21)11-7-16-13(20)6-12(11)19/h2-7H,15H2,1H3,(H2,16,19,20). The number of nitrogen functional groups attached to an aromatic ring is 1. The number of nitrogens with zero attached hydrogens (tertiary/aromatic N) is 1. The van der Waals surface area contributed by atoms with Crippen LogP contribution in [0.25, 0.3) is 0 Å². The average Bonchev–Trinajstić information content (AvgIpc) is 2.40. The Labute approximate surface area is 119 Å². The molecular weight excluding hydrogens is 274 g/mol. The first-order valence-corrected chi connectivity index (χ1v) is 6.02. The van der Waals surface area contributed by atoms with Crippen molar-refractivity contribution in [2.24, 2.45) is 0 Å². The van der Waals surface area contributed by atoms with Crippen LogP contribution >= 0.6 is 0 Å². The number of H-pyrrole nitrogens is 1. The molecule has 1 aromatic carbocycles. The molecule has 0 unspecified atom stereocenters. The summed E-state index contributed by atoms with van der Waals surface area (Å²) in [5, 5.41) is 9.68. The van der Waals surface area contributed by atoms with Gasteiger partial charge < -0.3 is 15.8 Å². The van der Waals surface area contributed by atoms with Crippen molar-refractivity contribution >= 4 is 23.2 Å². The molecule has 2 rings (SSSR count). The Morgan fingerprint density at radius 1 is 1.24 bits per heavy atom. The van der Waals surface area contributed by atoms with Crippen LogP contribution in [0.3, 0.4) is 0 Å². The van der Waals surface area contributed by atoms with Gasteiger partial charge in [0.15, 0.2) is 0 Å². The molecule has 2 amide bonds. The molecule has 0 bridgehead atoms.